The van der Waals surface area contributed by atoms with Crippen LogP contribution in [0, 0.1) is 0 Å². The van der Waals surface area contributed by atoms with Crippen LogP contribution in [0.3, 0.4) is 0 Å². The first kappa shape index (κ1) is 33.0. The van der Waals surface area contributed by atoms with E-state index in [2.05, 4.69) is 194 Å². The summed E-state index contributed by atoms with van der Waals surface area (Å²) in [7, 11) is 0. The summed E-state index contributed by atoms with van der Waals surface area (Å²) in [5, 5.41) is 3.56. The van der Waals surface area contributed by atoms with Crippen molar-refractivity contribution in [1.29, 1.82) is 0 Å². The molecular formula is C52H34N4. The van der Waals surface area contributed by atoms with Crippen molar-refractivity contribution in [3.8, 4) is 78.8 Å². The molecule has 0 aliphatic heterocycles. The van der Waals surface area contributed by atoms with Gasteiger partial charge in [0.05, 0.1) is 11.2 Å². The molecule has 8 aromatic carbocycles. The highest BCUT2D eigenvalue weighted by Crippen LogP contribution is 2.37. The Morgan fingerprint density at radius 1 is 0.268 bits per heavy atom. The zero-order chi connectivity index (χ0) is 37.3. The van der Waals surface area contributed by atoms with Crippen LogP contribution < -0.4 is 0 Å². The molecule has 262 valence electrons. The molecule has 0 fully saturated rings. The van der Waals surface area contributed by atoms with Crippen molar-refractivity contribution < 1.29 is 0 Å². The molecule has 0 unspecified atom stereocenters. The summed E-state index contributed by atoms with van der Waals surface area (Å²) < 4.78 is 0. The van der Waals surface area contributed by atoms with Gasteiger partial charge in [0, 0.05) is 27.6 Å². The van der Waals surface area contributed by atoms with Gasteiger partial charge in [0.15, 0.2) is 17.5 Å². The Bertz CT molecular complexity index is 2900. The van der Waals surface area contributed by atoms with Gasteiger partial charge in [-0.3, -0.25) is 0 Å². The molecule has 56 heavy (non-hydrogen) atoms. The monoisotopic (exact) mass is 714 g/mol. The number of rotatable bonds is 7. The normalized spacial score (nSPS) is 11.2. The summed E-state index contributed by atoms with van der Waals surface area (Å²) in [4.78, 5) is 20.5. The van der Waals surface area contributed by atoms with Crippen LogP contribution >= 0.6 is 0 Å². The van der Waals surface area contributed by atoms with E-state index in [9.17, 15) is 0 Å². The van der Waals surface area contributed by atoms with Gasteiger partial charge in [0.1, 0.15) is 0 Å². The Labute approximate surface area is 325 Å². The van der Waals surface area contributed by atoms with E-state index in [4.69, 9.17) is 19.9 Å². The minimum atomic E-state index is 0.606. The summed E-state index contributed by atoms with van der Waals surface area (Å²) in [5.74, 6) is 1.84. The van der Waals surface area contributed by atoms with Crippen molar-refractivity contribution in [3.05, 3.63) is 206 Å². The fourth-order valence-corrected chi connectivity index (χ4v) is 7.49. The van der Waals surface area contributed by atoms with Crippen LogP contribution in [0.4, 0.5) is 0 Å². The molecule has 0 spiro atoms. The summed E-state index contributed by atoms with van der Waals surface area (Å²) in [6.07, 6.45) is 0. The van der Waals surface area contributed by atoms with Crippen molar-refractivity contribution >= 4 is 21.7 Å². The molecule has 0 saturated carbocycles. The molecule has 2 heterocycles. The highest BCUT2D eigenvalue weighted by Gasteiger charge is 2.16. The number of aromatic nitrogens is 4. The predicted octanol–water partition coefficient (Wildman–Crippen LogP) is 13.2. The average molecular weight is 715 g/mol. The third-order valence-corrected chi connectivity index (χ3v) is 10.3. The molecule has 0 N–H and O–H groups in total. The number of fused-ring (bicyclic) bond motifs is 3. The summed E-state index contributed by atoms with van der Waals surface area (Å²) >= 11 is 0. The average Bonchev–Trinajstić information content (AvgIpc) is 3.29. The van der Waals surface area contributed by atoms with Crippen molar-refractivity contribution in [2.24, 2.45) is 0 Å². The maximum atomic E-state index is 5.22. The van der Waals surface area contributed by atoms with Gasteiger partial charge in [0.25, 0.3) is 0 Å². The Hall–Kier alpha value is -7.56. The molecule has 0 saturated heterocycles. The van der Waals surface area contributed by atoms with Crippen LogP contribution in [0.25, 0.3) is 100 Å². The second kappa shape index (κ2) is 14.3. The Kier molecular flexibility index (Phi) is 8.47. The summed E-state index contributed by atoms with van der Waals surface area (Å²) in [5.41, 5.74) is 12.4. The third kappa shape index (κ3) is 6.40. The standard InChI is InChI=1S/C52H34N4/c1-4-14-35(15-5-1)41-21-12-23-43(32-41)51-54-50(55-52(56-51)44-24-13-22-42(33-44)36-16-6-2-7-17-36)40-28-26-39(27-29-40)48-34-46(37-18-8-3-9-19-37)49-45-25-11-10-20-38(45)30-31-47(49)53-48/h1-34H. The van der Waals surface area contributed by atoms with E-state index in [-0.39, 0.29) is 0 Å². The lowest BCUT2D eigenvalue weighted by Crippen LogP contribution is -2.00. The topological polar surface area (TPSA) is 51.6 Å². The lowest BCUT2D eigenvalue weighted by atomic mass is 9.94. The number of pyridine rings is 1. The van der Waals surface area contributed by atoms with Gasteiger partial charge in [0.2, 0.25) is 0 Å². The molecule has 0 amide bonds. The van der Waals surface area contributed by atoms with Gasteiger partial charge in [-0.15, -0.1) is 0 Å². The second-order valence-corrected chi connectivity index (χ2v) is 13.9. The zero-order valence-corrected chi connectivity index (χ0v) is 30.4. The molecule has 10 rings (SSSR count). The van der Waals surface area contributed by atoms with E-state index in [1.165, 1.54) is 10.8 Å². The lowest BCUT2D eigenvalue weighted by Gasteiger charge is -2.13. The van der Waals surface area contributed by atoms with E-state index < -0.39 is 0 Å². The fourth-order valence-electron chi connectivity index (χ4n) is 7.49. The van der Waals surface area contributed by atoms with Crippen molar-refractivity contribution in [1.82, 2.24) is 19.9 Å². The first-order valence-electron chi connectivity index (χ1n) is 18.8. The fraction of sp³-hybridized carbons (Fsp3) is 0. The van der Waals surface area contributed by atoms with Gasteiger partial charge >= 0.3 is 0 Å². The van der Waals surface area contributed by atoms with E-state index in [1.54, 1.807) is 0 Å². The van der Waals surface area contributed by atoms with E-state index in [0.29, 0.717) is 17.5 Å². The molecule has 4 heteroatoms. The van der Waals surface area contributed by atoms with Crippen LogP contribution in [0.2, 0.25) is 0 Å². The van der Waals surface area contributed by atoms with Crippen LogP contribution in [-0.4, -0.2) is 19.9 Å². The quantitative estimate of drug-likeness (QED) is 0.154. The molecular weight excluding hydrogens is 681 g/mol. The Morgan fingerprint density at radius 3 is 1.32 bits per heavy atom. The Morgan fingerprint density at radius 2 is 0.732 bits per heavy atom. The van der Waals surface area contributed by atoms with Crippen molar-refractivity contribution in [3.63, 3.8) is 0 Å². The van der Waals surface area contributed by atoms with Crippen LogP contribution in [0.15, 0.2) is 206 Å². The van der Waals surface area contributed by atoms with E-state index >= 15 is 0 Å². The largest absolute Gasteiger partial charge is 0.248 e. The molecule has 0 radical (unpaired) electrons. The summed E-state index contributed by atoms with van der Waals surface area (Å²) in [6.45, 7) is 0. The number of hydrogen-bond acceptors (Lipinski definition) is 4. The lowest BCUT2D eigenvalue weighted by molar-refractivity contribution is 1.07. The zero-order valence-electron chi connectivity index (χ0n) is 30.4. The first-order valence-corrected chi connectivity index (χ1v) is 18.8. The maximum Gasteiger partial charge on any atom is 0.164 e. The number of nitrogens with zero attached hydrogens (tertiary/aromatic N) is 4. The number of hydrogen-bond donors (Lipinski definition) is 0. The molecule has 2 aromatic heterocycles. The first-order chi connectivity index (χ1) is 27.7. The third-order valence-electron chi connectivity index (χ3n) is 10.3. The Balaban J connectivity index is 1.09. The highest BCUT2D eigenvalue weighted by atomic mass is 15.0. The van der Waals surface area contributed by atoms with Gasteiger partial charge in [-0.05, 0) is 68.4 Å². The summed E-state index contributed by atoms with van der Waals surface area (Å²) in [6, 6.07) is 71.6. The molecule has 0 bridgehead atoms. The van der Waals surface area contributed by atoms with Gasteiger partial charge in [-0.25, -0.2) is 19.9 Å². The van der Waals surface area contributed by atoms with E-state index in [1.807, 2.05) is 12.1 Å². The molecule has 4 nitrogen and oxygen atoms in total. The van der Waals surface area contributed by atoms with E-state index in [0.717, 1.165) is 72.2 Å². The molecule has 0 aliphatic rings. The number of benzene rings is 8. The SMILES string of the molecule is c1ccc(-c2cccc(-c3nc(-c4ccc(-c5cc(-c6ccccc6)c6c(ccc7ccccc76)n5)cc4)nc(-c4cccc(-c5ccccc5)c4)n3)c2)cc1. The highest BCUT2D eigenvalue weighted by molar-refractivity contribution is 6.13. The smallest absolute Gasteiger partial charge is 0.164 e. The minimum absolute atomic E-state index is 0.606. The van der Waals surface area contributed by atoms with Crippen LogP contribution in [0.5, 0.6) is 0 Å². The van der Waals surface area contributed by atoms with Crippen molar-refractivity contribution in [2.45, 2.75) is 0 Å². The van der Waals surface area contributed by atoms with Gasteiger partial charge in [-0.1, -0.05) is 182 Å². The van der Waals surface area contributed by atoms with Gasteiger partial charge < -0.3 is 0 Å². The van der Waals surface area contributed by atoms with Crippen LogP contribution in [-0.2, 0) is 0 Å². The van der Waals surface area contributed by atoms with Gasteiger partial charge in [-0.2, -0.15) is 0 Å². The minimum Gasteiger partial charge on any atom is -0.248 e. The second-order valence-electron chi connectivity index (χ2n) is 13.9. The predicted molar refractivity (Wildman–Crippen MR) is 231 cm³/mol. The maximum absolute atomic E-state index is 5.22. The van der Waals surface area contributed by atoms with Crippen LogP contribution in [0.1, 0.15) is 0 Å². The molecule has 0 atom stereocenters. The van der Waals surface area contributed by atoms with Crippen molar-refractivity contribution in [2.75, 3.05) is 0 Å². The molecule has 10 aromatic rings. The molecule has 0 aliphatic carbocycles.